The van der Waals surface area contributed by atoms with E-state index in [-0.39, 0.29) is 4.90 Å². The van der Waals surface area contributed by atoms with Crippen molar-refractivity contribution in [2.45, 2.75) is 18.7 Å². The van der Waals surface area contributed by atoms with Crippen LogP contribution in [0.2, 0.25) is 0 Å². The predicted octanol–water partition coefficient (Wildman–Crippen LogP) is 5.56. The van der Waals surface area contributed by atoms with E-state index in [1.165, 1.54) is 0 Å². The van der Waals surface area contributed by atoms with Crippen LogP contribution in [0.1, 0.15) is 11.4 Å². The summed E-state index contributed by atoms with van der Waals surface area (Å²) in [4.78, 5) is 0.232. The highest BCUT2D eigenvalue weighted by atomic mass is 32.2. The Morgan fingerprint density at radius 2 is 1.21 bits per heavy atom. The van der Waals surface area contributed by atoms with E-state index in [2.05, 4.69) is 9.29 Å². The Morgan fingerprint density at radius 3 is 1.79 bits per heavy atom. The smallest absolute Gasteiger partial charge is 0.261 e. The molecule has 1 heterocycles. The van der Waals surface area contributed by atoms with Gasteiger partial charge in [-0.2, -0.15) is 0 Å². The van der Waals surface area contributed by atoms with E-state index in [1.54, 1.807) is 24.3 Å². The first-order chi connectivity index (χ1) is 13.9. The van der Waals surface area contributed by atoms with Gasteiger partial charge in [-0.1, -0.05) is 42.5 Å². The van der Waals surface area contributed by atoms with Crippen LogP contribution >= 0.6 is 0 Å². The number of rotatable bonds is 5. The molecule has 4 nitrogen and oxygen atoms in total. The fourth-order valence-corrected chi connectivity index (χ4v) is 4.48. The number of sulfonamides is 1. The quantitative estimate of drug-likeness (QED) is 0.475. The number of hydrogen-bond acceptors (Lipinski definition) is 2. The topological polar surface area (TPSA) is 51.1 Å². The van der Waals surface area contributed by atoms with Crippen molar-refractivity contribution in [2.24, 2.45) is 0 Å². The Labute approximate surface area is 171 Å². The molecule has 0 saturated heterocycles. The molecule has 146 valence electrons. The third-order valence-electron chi connectivity index (χ3n) is 4.92. The highest BCUT2D eigenvalue weighted by Gasteiger charge is 2.15. The van der Waals surface area contributed by atoms with Gasteiger partial charge < -0.3 is 4.57 Å². The molecule has 0 amide bonds. The van der Waals surface area contributed by atoms with Gasteiger partial charge in [0.1, 0.15) is 0 Å². The Hall–Kier alpha value is -3.31. The summed E-state index contributed by atoms with van der Waals surface area (Å²) in [6, 6.07) is 28.4. The van der Waals surface area contributed by atoms with Crippen molar-refractivity contribution >= 4 is 15.7 Å². The van der Waals surface area contributed by atoms with Crippen molar-refractivity contribution in [3.8, 4) is 16.8 Å². The zero-order valence-corrected chi connectivity index (χ0v) is 17.1. The van der Waals surface area contributed by atoms with E-state index in [0.29, 0.717) is 5.69 Å². The molecule has 0 atom stereocenters. The van der Waals surface area contributed by atoms with Gasteiger partial charge in [0.15, 0.2) is 0 Å². The molecular formula is C24H22N2O2S. The minimum absolute atomic E-state index is 0.232. The van der Waals surface area contributed by atoms with Crippen molar-refractivity contribution in [2.75, 3.05) is 4.72 Å². The van der Waals surface area contributed by atoms with E-state index >= 15 is 0 Å². The molecule has 0 saturated carbocycles. The molecule has 1 aromatic heterocycles. The zero-order valence-electron chi connectivity index (χ0n) is 16.3. The van der Waals surface area contributed by atoms with Crippen molar-refractivity contribution in [1.29, 1.82) is 0 Å². The Morgan fingerprint density at radius 1 is 0.655 bits per heavy atom. The molecule has 1 N–H and O–H groups in total. The molecule has 0 aliphatic heterocycles. The van der Waals surface area contributed by atoms with Crippen LogP contribution in [0.3, 0.4) is 0 Å². The maximum Gasteiger partial charge on any atom is 0.261 e. The maximum atomic E-state index is 12.8. The summed E-state index contributed by atoms with van der Waals surface area (Å²) in [7, 11) is -3.66. The average molecular weight is 403 g/mol. The van der Waals surface area contributed by atoms with E-state index in [4.69, 9.17) is 0 Å². The van der Waals surface area contributed by atoms with E-state index in [9.17, 15) is 8.42 Å². The fourth-order valence-electron chi connectivity index (χ4n) is 3.43. The van der Waals surface area contributed by atoms with Gasteiger partial charge in [-0.25, -0.2) is 8.42 Å². The molecule has 0 radical (unpaired) electrons. The number of aromatic nitrogens is 1. The summed E-state index contributed by atoms with van der Waals surface area (Å²) < 4.78 is 30.3. The summed E-state index contributed by atoms with van der Waals surface area (Å²) in [5, 5.41) is 0. The lowest BCUT2D eigenvalue weighted by molar-refractivity contribution is 0.601. The molecule has 29 heavy (non-hydrogen) atoms. The van der Waals surface area contributed by atoms with Gasteiger partial charge in [-0.05, 0) is 73.5 Å². The van der Waals surface area contributed by atoms with Crippen molar-refractivity contribution in [3.05, 3.63) is 102 Å². The first-order valence-corrected chi connectivity index (χ1v) is 10.9. The molecule has 0 unspecified atom stereocenters. The number of benzene rings is 3. The number of anilines is 1. The normalized spacial score (nSPS) is 11.4. The van der Waals surface area contributed by atoms with Gasteiger partial charge in [-0.15, -0.1) is 0 Å². The van der Waals surface area contributed by atoms with Gasteiger partial charge >= 0.3 is 0 Å². The van der Waals surface area contributed by atoms with Gasteiger partial charge in [-0.3, -0.25) is 4.72 Å². The van der Waals surface area contributed by atoms with Gasteiger partial charge in [0.05, 0.1) is 4.90 Å². The minimum Gasteiger partial charge on any atom is -0.319 e. The lowest BCUT2D eigenvalue weighted by Gasteiger charge is -2.12. The molecule has 5 heteroatoms. The largest absolute Gasteiger partial charge is 0.319 e. The summed E-state index contributed by atoms with van der Waals surface area (Å²) in [6.07, 6.45) is 0. The zero-order chi connectivity index (χ0) is 20.4. The minimum atomic E-state index is -3.66. The molecule has 4 aromatic rings. The first kappa shape index (κ1) is 19.0. The predicted molar refractivity (Wildman–Crippen MR) is 118 cm³/mol. The lowest BCUT2D eigenvalue weighted by atomic mass is 10.1. The van der Waals surface area contributed by atoms with Crippen molar-refractivity contribution in [1.82, 2.24) is 4.57 Å². The average Bonchev–Trinajstić information content (AvgIpc) is 3.07. The standard InChI is InChI=1S/C24H22N2O2S/c1-18-8-9-19(2)26(18)23-14-16-24(17-15-23)29(27,28)25-22-12-10-21(11-13-22)20-6-4-3-5-7-20/h3-17,25H,1-2H3. The molecule has 0 bridgehead atoms. The monoisotopic (exact) mass is 402 g/mol. The van der Waals surface area contributed by atoms with Crippen LogP contribution < -0.4 is 4.72 Å². The van der Waals surface area contributed by atoms with Crippen LogP contribution in [0.15, 0.2) is 95.9 Å². The number of hydrogen-bond donors (Lipinski definition) is 1. The number of aryl methyl sites for hydroxylation is 2. The molecule has 4 rings (SSSR count). The molecule has 0 aliphatic rings. The second-order valence-corrected chi connectivity index (χ2v) is 8.68. The highest BCUT2D eigenvalue weighted by molar-refractivity contribution is 7.92. The summed E-state index contributed by atoms with van der Waals surface area (Å²) in [5.41, 5.74) is 5.81. The third kappa shape index (κ3) is 3.96. The van der Waals surface area contributed by atoms with E-state index in [1.807, 2.05) is 80.6 Å². The van der Waals surface area contributed by atoms with Gasteiger partial charge in [0.25, 0.3) is 10.0 Å². The number of nitrogens with zero attached hydrogens (tertiary/aromatic N) is 1. The Bertz CT molecular complexity index is 1210. The van der Waals surface area contributed by atoms with Gasteiger partial charge in [0, 0.05) is 22.8 Å². The van der Waals surface area contributed by atoms with Crippen LogP contribution in [0.5, 0.6) is 0 Å². The second-order valence-electron chi connectivity index (χ2n) is 6.99. The van der Waals surface area contributed by atoms with Crippen molar-refractivity contribution < 1.29 is 8.42 Å². The highest BCUT2D eigenvalue weighted by Crippen LogP contribution is 2.24. The van der Waals surface area contributed by atoms with Gasteiger partial charge in [0.2, 0.25) is 0 Å². The van der Waals surface area contributed by atoms with Crippen molar-refractivity contribution in [3.63, 3.8) is 0 Å². The number of nitrogens with one attached hydrogen (secondary N) is 1. The SMILES string of the molecule is Cc1ccc(C)n1-c1ccc(S(=O)(=O)Nc2ccc(-c3ccccc3)cc2)cc1. The van der Waals surface area contributed by atoms with Crippen LogP contribution in [-0.4, -0.2) is 13.0 Å². The van der Waals surface area contributed by atoms with E-state index < -0.39 is 10.0 Å². The Kier molecular flexibility index (Phi) is 4.99. The fraction of sp³-hybridized carbons (Fsp3) is 0.0833. The maximum absolute atomic E-state index is 12.8. The molecule has 0 aliphatic carbocycles. The first-order valence-electron chi connectivity index (χ1n) is 9.38. The summed E-state index contributed by atoms with van der Waals surface area (Å²) in [6.45, 7) is 4.05. The summed E-state index contributed by atoms with van der Waals surface area (Å²) >= 11 is 0. The van der Waals surface area contributed by atoms with E-state index in [0.717, 1.165) is 28.2 Å². The van der Waals surface area contributed by atoms with Crippen LogP contribution in [0, 0.1) is 13.8 Å². The molecular weight excluding hydrogens is 380 g/mol. The third-order valence-corrected chi connectivity index (χ3v) is 6.32. The Balaban J connectivity index is 1.54. The van der Waals surface area contributed by atoms with Crippen LogP contribution in [0.4, 0.5) is 5.69 Å². The van der Waals surface area contributed by atoms with Crippen LogP contribution in [0.25, 0.3) is 16.8 Å². The molecule has 0 spiro atoms. The van der Waals surface area contributed by atoms with Crippen LogP contribution in [-0.2, 0) is 10.0 Å². The summed E-state index contributed by atoms with van der Waals surface area (Å²) in [5.74, 6) is 0. The molecule has 3 aromatic carbocycles. The second kappa shape index (κ2) is 7.60. The molecule has 0 fully saturated rings. The lowest BCUT2D eigenvalue weighted by Crippen LogP contribution is -2.13.